The van der Waals surface area contributed by atoms with Crippen LogP contribution in [0.5, 0.6) is 0 Å². The molecule has 0 aliphatic carbocycles. The van der Waals surface area contributed by atoms with E-state index in [4.69, 9.17) is 14.2 Å². The number of allylic oxidation sites excluding steroid dienone is 20. The van der Waals surface area contributed by atoms with Gasteiger partial charge in [0.05, 0.1) is 0 Å². The Morgan fingerprint density at radius 1 is 0.304 bits per heavy atom. The zero-order valence-corrected chi connectivity index (χ0v) is 44.5. The molecule has 0 aromatic rings. The molecule has 0 saturated carbocycles. The third-order valence-electron chi connectivity index (χ3n) is 11.4. The highest BCUT2D eigenvalue weighted by Gasteiger charge is 2.19. The van der Waals surface area contributed by atoms with Gasteiger partial charge in [0.25, 0.3) is 0 Å². The molecule has 0 aliphatic rings. The Bertz CT molecular complexity index is 1470. The van der Waals surface area contributed by atoms with Crippen LogP contribution in [0.2, 0.25) is 0 Å². The summed E-state index contributed by atoms with van der Waals surface area (Å²) in [5, 5.41) is 0. The Hall–Kier alpha value is -4.19. The summed E-state index contributed by atoms with van der Waals surface area (Å²) in [5.74, 6) is -0.959. The van der Waals surface area contributed by atoms with Crippen LogP contribution < -0.4 is 0 Å². The summed E-state index contributed by atoms with van der Waals surface area (Å²) in [5.41, 5.74) is 0. The van der Waals surface area contributed by atoms with Crippen LogP contribution >= 0.6 is 0 Å². The van der Waals surface area contributed by atoms with E-state index in [1.807, 2.05) is 0 Å². The molecule has 0 rings (SSSR count). The molecule has 6 nitrogen and oxygen atoms in total. The van der Waals surface area contributed by atoms with E-state index < -0.39 is 6.10 Å². The average Bonchev–Trinajstić information content (AvgIpc) is 3.35. The first-order valence-electron chi connectivity index (χ1n) is 28.0. The van der Waals surface area contributed by atoms with Crippen molar-refractivity contribution in [2.45, 2.75) is 245 Å². The van der Waals surface area contributed by atoms with Crippen LogP contribution in [-0.4, -0.2) is 37.2 Å². The van der Waals surface area contributed by atoms with E-state index in [1.165, 1.54) is 38.5 Å². The van der Waals surface area contributed by atoms with Gasteiger partial charge < -0.3 is 14.2 Å². The Morgan fingerprint density at radius 2 is 0.565 bits per heavy atom. The van der Waals surface area contributed by atoms with Crippen molar-refractivity contribution in [3.05, 3.63) is 122 Å². The number of hydrogen-bond acceptors (Lipinski definition) is 6. The van der Waals surface area contributed by atoms with E-state index in [1.54, 1.807) is 0 Å². The van der Waals surface area contributed by atoms with Gasteiger partial charge in [-0.3, -0.25) is 14.4 Å². The number of hydrogen-bond donors (Lipinski definition) is 0. The van der Waals surface area contributed by atoms with E-state index >= 15 is 0 Å². The summed E-state index contributed by atoms with van der Waals surface area (Å²) in [6.07, 6.45) is 77.5. The fourth-order valence-electron chi connectivity index (χ4n) is 7.18. The summed E-state index contributed by atoms with van der Waals surface area (Å²) in [7, 11) is 0. The van der Waals surface area contributed by atoms with Crippen molar-refractivity contribution in [1.29, 1.82) is 0 Å². The van der Waals surface area contributed by atoms with E-state index in [9.17, 15) is 14.4 Å². The molecular formula is C63H102O6. The van der Waals surface area contributed by atoms with Crippen molar-refractivity contribution in [2.75, 3.05) is 13.2 Å². The molecule has 0 bridgehead atoms. The molecule has 0 aromatic carbocycles. The molecule has 390 valence electrons. The number of unbranched alkanes of at least 4 members (excludes halogenated alkanes) is 18. The quantitative estimate of drug-likeness (QED) is 0.0262. The lowest BCUT2D eigenvalue weighted by atomic mass is 10.1. The average molecular weight is 956 g/mol. The second-order valence-corrected chi connectivity index (χ2v) is 18.1. The highest BCUT2D eigenvalue weighted by atomic mass is 16.6. The minimum Gasteiger partial charge on any atom is -0.462 e. The minimum atomic E-state index is -0.806. The maximum Gasteiger partial charge on any atom is 0.306 e. The maximum atomic E-state index is 12.8. The normalized spacial score (nSPS) is 13.0. The summed E-state index contributed by atoms with van der Waals surface area (Å²) in [6, 6.07) is 0. The summed E-state index contributed by atoms with van der Waals surface area (Å²) >= 11 is 0. The highest BCUT2D eigenvalue weighted by Crippen LogP contribution is 2.13. The molecule has 0 aliphatic heterocycles. The molecule has 0 N–H and O–H groups in total. The lowest BCUT2D eigenvalue weighted by Crippen LogP contribution is -2.30. The van der Waals surface area contributed by atoms with Crippen LogP contribution in [0.25, 0.3) is 0 Å². The van der Waals surface area contributed by atoms with Crippen molar-refractivity contribution in [3.63, 3.8) is 0 Å². The van der Waals surface area contributed by atoms with E-state index in [-0.39, 0.29) is 31.1 Å². The number of ether oxygens (including phenoxy) is 3. The summed E-state index contributed by atoms with van der Waals surface area (Å²) in [4.78, 5) is 38.1. The van der Waals surface area contributed by atoms with E-state index in [2.05, 4.69) is 142 Å². The molecule has 0 aromatic heterocycles. The lowest BCUT2D eigenvalue weighted by molar-refractivity contribution is -0.167. The number of carbonyl (C=O) groups is 3. The SMILES string of the molecule is CC/C=C\C/C=C\C/C=C\C/C=C\C/C=C\C/C=C\CCCCCCC(=O)OCC(COC(=O)CCCCCCC/C=C\C/C=C\CCCC)OC(=O)CCCCCCC/C=C\C/C=C\CCCC. The highest BCUT2D eigenvalue weighted by molar-refractivity contribution is 5.71. The monoisotopic (exact) mass is 955 g/mol. The first-order chi connectivity index (χ1) is 34.0. The zero-order valence-electron chi connectivity index (χ0n) is 44.5. The standard InChI is InChI=1S/C63H102O6/c1-4-7-10-13-16-19-22-25-28-29-30-31-32-33-34-35-36-39-41-44-47-50-53-56-62(65)68-59-60(69-63(66)57-54-51-48-45-42-38-27-24-21-18-15-12-9-6-3)58-67-61(64)55-52-49-46-43-40-37-26-23-20-17-14-11-8-5-2/h7,10,14-19,23-28,30-31,33-34,36,39,60H,4-6,8-9,11-13,20-22,29,32,35,37-38,40-59H2,1-3H3/b10-7-,17-14-,18-15-,19-16-,26-23-,27-24-,28-25-,31-30-,34-33-,39-36-. The van der Waals surface area contributed by atoms with Crippen molar-refractivity contribution in [1.82, 2.24) is 0 Å². The van der Waals surface area contributed by atoms with Gasteiger partial charge in [0.1, 0.15) is 13.2 Å². The zero-order chi connectivity index (χ0) is 50.0. The Kier molecular flexibility index (Phi) is 53.0. The van der Waals surface area contributed by atoms with Crippen molar-refractivity contribution < 1.29 is 28.6 Å². The lowest BCUT2D eigenvalue weighted by Gasteiger charge is -2.18. The molecule has 0 spiro atoms. The molecule has 1 unspecified atom stereocenters. The van der Waals surface area contributed by atoms with Gasteiger partial charge in [0.15, 0.2) is 6.10 Å². The molecule has 0 heterocycles. The van der Waals surface area contributed by atoms with Crippen LogP contribution in [-0.2, 0) is 28.6 Å². The van der Waals surface area contributed by atoms with E-state index in [0.717, 1.165) is 161 Å². The van der Waals surface area contributed by atoms with Gasteiger partial charge in [-0.25, -0.2) is 0 Å². The van der Waals surface area contributed by atoms with Gasteiger partial charge >= 0.3 is 17.9 Å². The fraction of sp³-hybridized carbons (Fsp3) is 0.635. The van der Waals surface area contributed by atoms with Crippen molar-refractivity contribution >= 4 is 17.9 Å². The number of esters is 3. The van der Waals surface area contributed by atoms with Gasteiger partial charge in [-0.15, -0.1) is 0 Å². The Morgan fingerprint density at radius 3 is 0.884 bits per heavy atom. The molecule has 0 saturated heterocycles. The minimum absolute atomic E-state index is 0.103. The number of rotatable bonds is 49. The first-order valence-corrected chi connectivity index (χ1v) is 28.0. The maximum absolute atomic E-state index is 12.8. The molecule has 0 amide bonds. The summed E-state index contributed by atoms with van der Waals surface area (Å²) < 4.78 is 16.8. The van der Waals surface area contributed by atoms with Gasteiger partial charge in [-0.05, 0) is 122 Å². The van der Waals surface area contributed by atoms with E-state index in [0.29, 0.717) is 19.3 Å². The van der Waals surface area contributed by atoms with Gasteiger partial charge in [-0.1, -0.05) is 219 Å². The largest absolute Gasteiger partial charge is 0.462 e. The number of carbonyl (C=O) groups excluding carboxylic acids is 3. The third-order valence-corrected chi connectivity index (χ3v) is 11.4. The van der Waals surface area contributed by atoms with Crippen LogP contribution in [0, 0.1) is 0 Å². The van der Waals surface area contributed by atoms with Gasteiger partial charge in [0.2, 0.25) is 0 Å². The third kappa shape index (κ3) is 54.6. The van der Waals surface area contributed by atoms with Gasteiger partial charge in [0, 0.05) is 19.3 Å². The predicted octanol–water partition coefficient (Wildman–Crippen LogP) is 18.9. The summed E-state index contributed by atoms with van der Waals surface area (Å²) in [6.45, 7) is 6.39. The Balaban J connectivity index is 4.46. The van der Waals surface area contributed by atoms with Crippen LogP contribution in [0.1, 0.15) is 239 Å². The van der Waals surface area contributed by atoms with Crippen LogP contribution in [0.3, 0.4) is 0 Å². The second kappa shape index (κ2) is 56.4. The molecule has 69 heavy (non-hydrogen) atoms. The smallest absolute Gasteiger partial charge is 0.306 e. The predicted molar refractivity (Wildman–Crippen MR) is 297 cm³/mol. The van der Waals surface area contributed by atoms with Crippen molar-refractivity contribution in [3.8, 4) is 0 Å². The first kappa shape index (κ1) is 64.8. The van der Waals surface area contributed by atoms with Gasteiger partial charge in [-0.2, -0.15) is 0 Å². The topological polar surface area (TPSA) is 78.9 Å². The van der Waals surface area contributed by atoms with Crippen molar-refractivity contribution in [2.24, 2.45) is 0 Å². The van der Waals surface area contributed by atoms with Crippen LogP contribution in [0.15, 0.2) is 122 Å². The fourth-order valence-corrected chi connectivity index (χ4v) is 7.18. The second-order valence-electron chi connectivity index (χ2n) is 18.1. The molecule has 6 heteroatoms. The Labute approximate surface area is 424 Å². The molecule has 0 fully saturated rings. The molecule has 1 atom stereocenters. The molecular weight excluding hydrogens is 853 g/mol. The van der Waals surface area contributed by atoms with Crippen LogP contribution in [0.4, 0.5) is 0 Å². The molecule has 0 radical (unpaired) electrons.